The van der Waals surface area contributed by atoms with Gasteiger partial charge in [-0.05, 0) is 48.7 Å². The van der Waals surface area contributed by atoms with Gasteiger partial charge in [0.1, 0.15) is 5.01 Å². The number of para-hydroxylation sites is 1. The van der Waals surface area contributed by atoms with Crippen molar-refractivity contribution in [3.63, 3.8) is 0 Å². The molecule has 3 N–H and O–H groups in total. The van der Waals surface area contributed by atoms with Crippen LogP contribution >= 0.6 is 35.8 Å². The minimum atomic E-state index is -0.570. The van der Waals surface area contributed by atoms with Gasteiger partial charge in [0.25, 0.3) is 0 Å². The maximum Gasteiger partial charge on any atom is 0.167 e. The zero-order chi connectivity index (χ0) is 17.1. The van der Waals surface area contributed by atoms with Crippen LogP contribution in [0.15, 0.2) is 48.5 Å². The van der Waals surface area contributed by atoms with Gasteiger partial charge < -0.3 is 15.5 Å². The molecule has 0 spiro atoms. The Morgan fingerprint density at radius 3 is 2.50 bits per heavy atom. The van der Waals surface area contributed by atoms with E-state index in [1.807, 2.05) is 48.5 Å². The molecule has 0 aliphatic carbocycles. The Hall–Kier alpha value is -2.09. The lowest BCUT2D eigenvalue weighted by atomic mass is 10.1. The number of nitrogens with zero attached hydrogens (tertiary/aromatic N) is 1. The molecule has 2 aromatic carbocycles. The Kier molecular flexibility index (Phi) is 5.03. The zero-order valence-corrected chi connectivity index (χ0v) is 14.9. The minimum absolute atomic E-state index is 0.0892. The van der Waals surface area contributed by atoms with Crippen LogP contribution in [0.25, 0.3) is 10.2 Å². The molecule has 4 nitrogen and oxygen atoms in total. The third-order valence-electron chi connectivity index (χ3n) is 3.46. The number of benzene rings is 2. The Balaban J connectivity index is 2.00. The second-order valence-electron chi connectivity index (χ2n) is 5.19. The topological polar surface area (TPSA) is 65.4 Å². The van der Waals surface area contributed by atoms with Crippen LogP contribution in [-0.4, -0.2) is 25.3 Å². The van der Waals surface area contributed by atoms with Gasteiger partial charge in [-0.15, -0.1) is 11.3 Å². The molecule has 0 bridgehead atoms. The van der Waals surface area contributed by atoms with Gasteiger partial charge >= 0.3 is 0 Å². The molecular formula is C17H14N2O2S3. The van der Waals surface area contributed by atoms with Crippen LogP contribution < -0.4 is 5.32 Å². The second kappa shape index (κ2) is 7.21. The minimum Gasteiger partial charge on any atom is -0.502 e. The van der Waals surface area contributed by atoms with E-state index >= 15 is 0 Å². The summed E-state index contributed by atoms with van der Waals surface area (Å²) < 4.78 is 0.960. The van der Waals surface area contributed by atoms with Crippen molar-refractivity contribution in [3.05, 3.63) is 53.5 Å². The van der Waals surface area contributed by atoms with Crippen LogP contribution in [-0.2, 0) is 0 Å². The summed E-state index contributed by atoms with van der Waals surface area (Å²) in [5, 5.41) is 22.7. The normalized spacial score (nSPS) is 12.0. The predicted octanol–water partition coefficient (Wildman–Crippen LogP) is 5.28. The summed E-state index contributed by atoms with van der Waals surface area (Å²) in [6.45, 7) is 0. The lowest BCUT2D eigenvalue weighted by molar-refractivity contribution is 0.511. The van der Waals surface area contributed by atoms with Crippen molar-refractivity contribution in [3.8, 4) is 0 Å². The Bertz CT molecular complexity index is 893. The van der Waals surface area contributed by atoms with E-state index in [4.69, 9.17) is 24.4 Å². The summed E-state index contributed by atoms with van der Waals surface area (Å²) >= 11 is 11.1. The van der Waals surface area contributed by atoms with Crippen LogP contribution in [0.2, 0.25) is 0 Å². The lowest BCUT2D eigenvalue weighted by Crippen LogP contribution is -2.13. The number of hydrogen-bond donors (Lipinski definition) is 3. The lowest BCUT2D eigenvalue weighted by Gasteiger charge is -2.09. The zero-order valence-electron chi connectivity index (χ0n) is 12.5. The van der Waals surface area contributed by atoms with Crippen LogP contribution in [0.5, 0.6) is 0 Å². The molecule has 0 amide bonds. The molecule has 0 aliphatic heterocycles. The molecule has 0 fully saturated rings. The van der Waals surface area contributed by atoms with Gasteiger partial charge in [-0.3, -0.25) is 0 Å². The fourth-order valence-electron chi connectivity index (χ4n) is 2.35. The Morgan fingerprint density at radius 2 is 1.83 bits per heavy atom. The molecule has 1 heterocycles. The van der Waals surface area contributed by atoms with Crippen molar-refractivity contribution in [2.24, 2.45) is 0 Å². The number of aliphatic hydroxyl groups excluding tert-OH is 2. The molecule has 1 aromatic heterocycles. The van der Waals surface area contributed by atoms with E-state index in [1.54, 1.807) is 0 Å². The van der Waals surface area contributed by atoms with E-state index in [1.165, 1.54) is 11.3 Å². The van der Waals surface area contributed by atoms with Gasteiger partial charge in [-0.25, -0.2) is 4.98 Å². The highest BCUT2D eigenvalue weighted by Gasteiger charge is 2.23. The standard InChI is InChI=1S/C17H14N2O2S3/c20-14(22)9-11(17(21)23)16-19-13-8-4-7-12(15(13)24-16)18-10-5-2-1-3-6-10/h1-8,11,18H,9H2,(H,20,22)(H,21,23). The van der Waals surface area contributed by atoms with E-state index in [0.29, 0.717) is 5.01 Å². The van der Waals surface area contributed by atoms with Crippen molar-refractivity contribution >= 4 is 67.5 Å². The van der Waals surface area contributed by atoms with Crippen LogP contribution in [0.3, 0.4) is 0 Å². The molecule has 3 aromatic rings. The number of nitrogens with one attached hydrogen (secondary N) is 1. The number of aliphatic hydroxyl groups is 2. The highest BCUT2D eigenvalue weighted by atomic mass is 32.1. The molecule has 0 aliphatic rings. The summed E-state index contributed by atoms with van der Waals surface area (Å²) in [6, 6.07) is 15.6. The molecular weight excluding hydrogens is 360 g/mol. The fourth-order valence-corrected chi connectivity index (χ4v) is 3.92. The van der Waals surface area contributed by atoms with E-state index in [9.17, 15) is 10.2 Å². The number of aromatic nitrogens is 1. The van der Waals surface area contributed by atoms with Crippen LogP contribution in [0.4, 0.5) is 11.4 Å². The molecule has 3 rings (SSSR count). The van der Waals surface area contributed by atoms with Gasteiger partial charge in [0.2, 0.25) is 0 Å². The van der Waals surface area contributed by atoms with Crippen molar-refractivity contribution in [1.29, 1.82) is 0 Å². The first-order valence-electron chi connectivity index (χ1n) is 7.20. The molecule has 0 radical (unpaired) electrons. The predicted molar refractivity (Wildman–Crippen MR) is 107 cm³/mol. The van der Waals surface area contributed by atoms with Gasteiger partial charge in [-0.1, -0.05) is 24.3 Å². The molecule has 1 unspecified atom stereocenters. The van der Waals surface area contributed by atoms with E-state index in [-0.39, 0.29) is 16.5 Å². The number of anilines is 2. The van der Waals surface area contributed by atoms with Gasteiger partial charge in [0, 0.05) is 12.1 Å². The van der Waals surface area contributed by atoms with Crippen molar-refractivity contribution < 1.29 is 10.2 Å². The molecule has 0 saturated heterocycles. The first kappa shape index (κ1) is 16.8. The third-order valence-corrected chi connectivity index (χ3v) is 5.13. The third kappa shape index (κ3) is 3.69. The average molecular weight is 375 g/mol. The largest absolute Gasteiger partial charge is 0.502 e. The summed E-state index contributed by atoms with van der Waals surface area (Å²) in [6.07, 6.45) is 0.0892. The maximum absolute atomic E-state index is 9.76. The number of rotatable bonds is 6. The highest BCUT2D eigenvalue weighted by Crippen LogP contribution is 2.35. The van der Waals surface area contributed by atoms with E-state index < -0.39 is 5.92 Å². The summed E-state index contributed by atoms with van der Waals surface area (Å²) in [5.41, 5.74) is 2.71. The van der Waals surface area contributed by atoms with Crippen molar-refractivity contribution in [2.75, 3.05) is 5.32 Å². The summed E-state index contributed by atoms with van der Waals surface area (Å²) in [4.78, 5) is 4.55. The van der Waals surface area contributed by atoms with E-state index in [0.717, 1.165) is 21.6 Å². The van der Waals surface area contributed by atoms with E-state index in [2.05, 4.69) is 10.3 Å². The van der Waals surface area contributed by atoms with Crippen molar-refractivity contribution in [2.45, 2.75) is 12.3 Å². The summed E-state index contributed by atoms with van der Waals surface area (Å²) in [5.74, 6) is -0.570. The van der Waals surface area contributed by atoms with Gasteiger partial charge in [-0.2, -0.15) is 0 Å². The van der Waals surface area contributed by atoms with Crippen LogP contribution in [0, 0.1) is 0 Å². The average Bonchev–Trinajstić information content (AvgIpc) is 2.98. The highest BCUT2D eigenvalue weighted by molar-refractivity contribution is 7.80. The number of fused-ring (bicyclic) bond motifs is 1. The van der Waals surface area contributed by atoms with Crippen LogP contribution in [0.1, 0.15) is 17.3 Å². The monoisotopic (exact) mass is 374 g/mol. The summed E-state index contributed by atoms with van der Waals surface area (Å²) in [7, 11) is 0. The first-order valence-corrected chi connectivity index (χ1v) is 8.84. The quantitative estimate of drug-likeness (QED) is 0.510. The maximum atomic E-state index is 9.76. The molecule has 122 valence electrons. The SMILES string of the molecule is OC(=S)CC(C(O)=S)c1nc2cccc(Nc3ccccc3)c2s1. The molecule has 0 saturated carbocycles. The number of thiazole rings is 1. The number of hydrogen-bond acceptors (Lipinski definition) is 5. The van der Waals surface area contributed by atoms with Crippen molar-refractivity contribution in [1.82, 2.24) is 4.98 Å². The molecule has 24 heavy (non-hydrogen) atoms. The second-order valence-corrected chi connectivity index (χ2v) is 7.11. The number of thiocarbonyl (C=S) groups is 2. The molecule has 7 heteroatoms. The Labute approximate surface area is 153 Å². The first-order chi connectivity index (χ1) is 11.5. The van der Waals surface area contributed by atoms with Gasteiger partial charge in [0.15, 0.2) is 10.1 Å². The molecule has 1 atom stereocenters. The smallest absolute Gasteiger partial charge is 0.167 e. The fraction of sp³-hybridized carbons (Fsp3) is 0.118. The Morgan fingerprint density at radius 1 is 1.08 bits per heavy atom. The van der Waals surface area contributed by atoms with Gasteiger partial charge in [0.05, 0.1) is 21.8 Å².